The topological polar surface area (TPSA) is 71.1 Å². The number of hydrogen-bond acceptors (Lipinski definition) is 4. The number of aromatic nitrogens is 1. The monoisotopic (exact) mass is 301 g/mol. The molecule has 5 nitrogen and oxygen atoms in total. The van der Waals surface area contributed by atoms with E-state index < -0.39 is 0 Å². The summed E-state index contributed by atoms with van der Waals surface area (Å²) in [5, 5.41) is 7.97. The van der Waals surface area contributed by atoms with Crippen LogP contribution >= 0.6 is 11.3 Å². The fourth-order valence-corrected chi connectivity index (χ4v) is 2.58. The van der Waals surface area contributed by atoms with Crippen LogP contribution in [0, 0.1) is 0 Å². The van der Waals surface area contributed by atoms with Crippen LogP contribution in [0.3, 0.4) is 0 Å². The molecule has 1 aliphatic rings. The van der Waals surface area contributed by atoms with Gasteiger partial charge in [-0.1, -0.05) is 18.2 Å². The van der Waals surface area contributed by atoms with Crippen LogP contribution in [-0.2, 0) is 11.2 Å². The van der Waals surface area contributed by atoms with Crippen LogP contribution in [-0.4, -0.2) is 22.8 Å². The maximum Gasteiger partial charge on any atom is 0.257 e. The number of anilines is 1. The molecule has 2 amide bonds. The third-order valence-corrected chi connectivity index (χ3v) is 3.90. The summed E-state index contributed by atoms with van der Waals surface area (Å²) < 4.78 is 0. The quantitative estimate of drug-likeness (QED) is 0.889. The van der Waals surface area contributed by atoms with Gasteiger partial charge in [-0.2, -0.15) is 0 Å². The molecule has 2 aromatic rings. The number of carbonyl (C=O) groups is 2. The second kappa shape index (κ2) is 6.05. The molecule has 1 heterocycles. The molecule has 0 aliphatic heterocycles. The summed E-state index contributed by atoms with van der Waals surface area (Å²) in [6, 6.07) is 9.32. The number of amides is 2. The molecule has 1 aromatic heterocycles. The number of benzene rings is 1. The Labute approximate surface area is 126 Å². The lowest BCUT2D eigenvalue weighted by Crippen LogP contribution is -2.27. The standard InChI is InChI=1S/C15H15N3O2S/c19-13(16-11-6-7-11)8-12-9-21-15(17-12)18-14(20)10-4-2-1-3-5-10/h1-5,9,11H,6-8H2,(H,16,19)(H,17,18,20). The van der Waals surface area contributed by atoms with E-state index in [2.05, 4.69) is 15.6 Å². The minimum Gasteiger partial charge on any atom is -0.353 e. The summed E-state index contributed by atoms with van der Waals surface area (Å²) >= 11 is 1.33. The predicted molar refractivity (Wildman–Crippen MR) is 81.4 cm³/mol. The van der Waals surface area contributed by atoms with Gasteiger partial charge in [0.05, 0.1) is 12.1 Å². The second-order valence-corrected chi connectivity index (χ2v) is 5.84. The smallest absolute Gasteiger partial charge is 0.257 e. The average Bonchev–Trinajstić information content (AvgIpc) is 3.19. The van der Waals surface area contributed by atoms with Crippen LogP contribution in [0.15, 0.2) is 35.7 Å². The summed E-state index contributed by atoms with van der Waals surface area (Å²) in [7, 11) is 0. The van der Waals surface area contributed by atoms with Gasteiger partial charge in [0.25, 0.3) is 5.91 Å². The lowest BCUT2D eigenvalue weighted by molar-refractivity contribution is -0.120. The molecule has 6 heteroatoms. The first kappa shape index (κ1) is 13.8. The van der Waals surface area contributed by atoms with Crippen molar-refractivity contribution in [3.05, 3.63) is 47.0 Å². The van der Waals surface area contributed by atoms with E-state index in [0.29, 0.717) is 22.4 Å². The minimum atomic E-state index is -0.195. The maximum absolute atomic E-state index is 12.0. The normalized spacial score (nSPS) is 13.7. The van der Waals surface area contributed by atoms with Crippen molar-refractivity contribution in [1.82, 2.24) is 10.3 Å². The number of carbonyl (C=O) groups excluding carboxylic acids is 2. The Kier molecular flexibility index (Phi) is 3.96. The molecule has 0 bridgehead atoms. The van der Waals surface area contributed by atoms with Crippen molar-refractivity contribution in [2.45, 2.75) is 25.3 Å². The van der Waals surface area contributed by atoms with Crippen LogP contribution < -0.4 is 10.6 Å². The van der Waals surface area contributed by atoms with Gasteiger partial charge in [0, 0.05) is 17.0 Å². The van der Waals surface area contributed by atoms with E-state index in [1.807, 2.05) is 18.2 Å². The highest BCUT2D eigenvalue weighted by molar-refractivity contribution is 7.14. The fourth-order valence-electron chi connectivity index (χ4n) is 1.88. The summed E-state index contributed by atoms with van der Waals surface area (Å²) in [6.45, 7) is 0. The molecule has 1 fully saturated rings. The van der Waals surface area contributed by atoms with Gasteiger partial charge < -0.3 is 5.32 Å². The van der Waals surface area contributed by atoms with E-state index >= 15 is 0 Å². The van der Waals surface area contributed by atoms with Gasteiger partial charge in [-0.25, -0.2) is 4.98 Å². The average molecular weight is 301 g/mol. The van der Waals surface area contributed by atoms with Gasteiger partial charge in [-0.3, -0.25) is 14.9 Å². The highest BCUT2D eigenvalue weighted by Gasteiger charge is 2.23. The van der Waals surface area contributed by atoms with Gasteiger partial charge in [-0.15, -0.1) is 11.3 Å². The second-order valence-electron chi connectivity index (χ2n) is 4.98. The lowest BCUT2D eigenvalue weighted by Gasteiger charge is -2.01. The molecule has 21 heavy (non-hydrogen) atoms. The van der Waals surface area contributed by atoms with Crippen molar-refractivity contribution in [2.24, 2.45) is 0 Å². The van der Waals surface area contributed by atoms with Crippen LogP contribution in [0.2, 0.25) is 0 Å². The van der Waals surface area contributed by atoms with Crippen molar-refractivity contribution in [1.29, 1.82) is 0 Å². The molecule has 1 aromatic carbocycles. The van der Waals surface area contributed by atoms with E-state index in [1.165, 1.54) is 11.3 Å². The summed E-state index contributed by atoms with van der Waals surface area (Å²) in [5.74, 6) is -0.206. The van der Waals surface area contributed by atoms with Gasteiger partial charge in [-0.05, 0) is 25.0 Å². The van der Waals surface area contributed by atoms with E-state index in [0.717, 1.165) is 12.8 Å². The number of thiazole rings is 1. The number of rotatable bonds is 5. The largest absolute Gasteiger partial charge is 0.353 e. The zero-order valence-electron chi connectivity index (χ0n) is 11.3. The van der Waals surface area contributed by atoms with Crippen molar-refractivity contribution >= 4 is 28.3 Å². The first-order valence-electron chi connectivity index (χ1n) is 6.81. The molecule has 1 aliphatic carbocycles. The Morgan fingerprint density at radius 2 is 2.00 bits per heavy atom. The third kappa shape index (κ3) is 3.88. The summed E-state index contributed by atoms with van der Waals surface area (Å²) in [6.07, 6.45) is 2.40. The van der Waals surface area contributed by atoms with Gasteiger partial charge in [0.2, 0.25) is 5.91 Å². The molecule has 108 valence electrons. The van der Waals surface area contributed by atoms with Crippen LogP contribution in [0.1, 0.15) is 28.9 Å². The Morgan fingerprint density at radius 1 is 1.24 bits per heavy atom. The molecule has 0 saturated heterocycles. The Morgan fingerprint density at radius 3 is 2.71 bits per heavy atom. The van der Waals surface area contributed by atoms with E-state index in [1.54, 1.807) is 17.5 Å². The summed E-state index contributed by atoms with van der Waals surface area (Å²) in [5.41, 5.74) is 1.27. The van der Waals surface area contributed by atoms with E-state index in [9.17, 15) is 9.59 Å². The highest BCUT2D eigenvalue weighted by Crippen LogP contribution is 2.20. The Hall–Kier alpha value is -2.21. The molecule has 0 spiro atoms. The van der Waals surface area contributed by atoms with Crippen LogP contribution in [0.25, 0.3) is 0 Å². The summed E-state index contributed by atoms with van der Waals surface area (Å²) in [4.78, 5) is 27.9. The van der Waals surface area contributed by atoms with Crippen molar-refractivity contribution in [2.75, 3.05) is 5.32 Å². The Balaban J connectivity index is 1.57. The molecule has 0 atom stereocenters. The van der Waals surface area contributed by atoms with Crippen molar-refractivity contribution < 1.29 is 9.59 Å². The molecule has 3 rings (SSSR count). The predicted octanol–water partition coefficient (Wildman–Crippen LogP) is 2.22. The van der Waals surface area contributed by atoms with Crippen LogP contribution in [0.5, 0.6) is 0 Å². The zero-order chi connectivity index (χ0) is 14.7. The van der Waals surface area contributed by atoms with Gasteiger partial charge >= 0.3 is 0 Å². The fraction of sp³-hybridized carbons (Fsp3) is 0.267. The van der Waals surface area contributed by atoms with Crippen molar-refractivity contribution in [3.63, 3.8) is 0 Å². The number of nitrogens with zero attached hydrogens (tertiary/aromatic N) is 1. The van der Waals surface area contributed by atoms with E-state index in [-0.39, 0.29) is 18.2 Å². The molecule has 0 unspecified atom stereocenters. The van der Waals surface area contributed by atoms with Crippen LogP contribution in [0.4, 0.5) is 5.13 Å². The minimum absolute atomic E-state index is 0.0104. The van der Waals surface area contributed by atoms with Gasteiger partial charge in [0.15, 0.2) is 5.13 Å². The molecular weight excluding hydrogens is 286 g/mol. The molecule has 2 N–H and O–H groups in total. The Bertz CT molecular complexity index is 650. The molecule has 0 radical (unpaired) electrons. The number of nitrogens with one attached hydrogen (secondary N) is 2. The molecule has 1 saturated carbocycles. The third-order valence-electron chi connectivity index (χ3n) is 3.09. The van der Waals surface area contributed by atoms with Crippen molar-refractivity contribution in [3.8, 4) is 0 Å². The SMILES string of the molecule is O=C(Cc1csc(NC(=O)c2ccccc2)n1)NC1CC1. The first-order valence-corrected chi connectivity index (χ1v) is 7.69. The molecular formula is C15H15N3O2S. The number of hydrogen-bond donors (Lipinski definition) is 2. The highest BCUT2D eigenvalue weighted by atomic mass is 32.1. The lowest BCUT2D eigenvalue weighted by atomic mass is 10.2. The maximum atomic E-state index is 12.0. The first-order chi connectivity index (χ1) is 10.2. The van der Waals surface area contributed by atoms with E-state index in [4.69, 9.17) is 0 Å². The zero-order valence-corrected chi connectivity index (χ0v) is 12.2. The van der Waals surface area contributed by atoms with Gasteiger partial charge in [0.1, 0.15) is 0 Å².